The van der Waals surface area contributed by atoms with Crippen molar-refractivity contribution < 1.29 is 9.53 Å². The van der Waals surface area contributed by atoms with E-state index >= 15 is 0 Å². The fourth-order valence-electron chi connectivity index (χ4n) is 0.666. The van der Waals surface area contributed by atoms with Crippen molar-refractivity contribution >= 4 is 5.91 Å². The Morgan fingerprint density at radius 1 is 1.64 bits per heavy atom. The summed E-state index contributed by atoms with van der Waals surface area (Å²) in [5, 5.41) is 2.82. The second-order valence-corrected chi connectivity index (χ2v) is 4.10. The molecule has 0 spiro atoms. The number of rotatable bonds is 2. The summed E-state index contributed by atoms with van der Waals surface area (Å²) in [6.45, 7) is 7.56. The van der Waals surface area contributed by atoms with E-state index in [1.54, 1.807) is 0 Å². The van der Waals surface area contributed by atoms with Crippen molar-refractivity contribution in [1.82, 2.24) is 5.32 Å². The maximum Gasteiger partial charge on any atom is 0.251 e. The highest BCUT2D eigenvalue weighted by Crippen LogP contribution is 2.12. The summed E-state index contributed by atoms with van der Waals surface area (Å²) in [7, 11) is 0. The molecule has 1 atom stereocenters. The van der Waals surface area contributed by atoms with Crippen LogP contribution in [0.1, 0.15) is 20.8 Å². The van der Waals surface area contributed by atoms with Crippen LogP contribution in [0, 0.1) is 5.41 Å². The zero-order valence-electron chi connectivity index (χ0n) is 7.31. The van der Waals surface area contributed by atoms with Gasteiger partial charge in [0.05, 0.1) is 6.61 Å². The van der Waals surface area contributed by atoms with E-state index < -0.39 is 0 Å². The lowest BCUT2D eigenvalue weighted by molar-refractivity contribution is -0.122. The third-order valence-corrected chi connectivity index (χ3v) is 1.42. The van der Waals surface area contributed by atoms with Crippen molar-refractivity contribution in [2.75, 3.05) is 13.2 Å². The highest BCUT2D eigenvalue weighted by molar-refractivity contribution is 5.82. The van der Waals surface area contributed by atoms with Crippen LogP contribution in [0.4, 0.5) is 0 Å². The Bertz CT molecular complexity index is 156. The lowest BCUT2D eigenvalue weighted by Crippen LogP contribution is -2.35. The predicted octanol–water partition coefficient (Wildman–Crippen LogP) is 0.547. The fraction of sp³-hybridized carbons (Fsp3) is 0.875. The summed E-state index contributed by atoms with van der Waals surface area (Å²) in [6, 6.07) is 0. The molecule has 1 aliphatic heterocycles. The zero-order valence-corrected chi connectivity index (χ0v) is 7.31. The number of ether oxygens (including phenoxy) is 1. The fourth-order valence-corrected chi connectivity index (χ4v) is 0.666. The van der Waals surface area contributed by atoms with E-state index in [1.165, 1.54) is 0 Å². The molecule has 1 heterocycles. The zero-order chi connectivity index (χ0) is 8.48. The highest BCUT2D eigenvalue weighted by Gasteiger charge is 2.31. The number of carbonyl (C=O) groups excluding carboxylic acids is 1. The van der Waals surface area contributed by atoms with Crippen molar-refractivity contribution in [1.29, 1.82) is 0 Å². The van der Waals surface area contributed by atoms with Gasteiger partial charge >= 0.3 is 0 Å². The summed E-state index contributed by atoms with van der Waals surface area (Å²) >= 11 is 0. The molecule has 1 unspecified atom stereocenters. The normalized spacial score (nSPS) is 23.0. The van der Waals surface area contributed by atoms with E-state index in [0.29, 0.717) is 13.2 Å². The lowest BCUT2D eigenvalue weighted by Gasteiger charge is -2.17. The summed E-state index contributed by atoms with van der Waals surface area (Å²) in [5.74, 6) is 0.0277. The Balaban J connectivity index is 2.16. The van der Waals surface area contributed by atoms with Crippen molar-refractivity contribution in [3.05, 3.63) is 0 Å². The molecule has 0 aromatic carbocycles. The molecular weight excluding hydrogens is 142 g/mol. The van der Waals surface area contributed by atoms with Crippen LogP contribution >= 0.6 is 0 Å². The number of carbonyl (C=O) groups is 1. The molecule has 11 heavy (non-hydrogen) atoms. The van der Waals surface area contributed by atoms with Crippen molar-refractivity contribution in [2.24, 2.45) is 5.41 Å². The molecule has 1 fully saturated rings. The van der Waals surface area contributed by atoms with E-state index in [4.69, 9.17) is 4.74 Å². The third-order valence-electron chi connectivity index (χ3n) is 1.42. The van der Waals surface area contributed by atoms with E-state index in [2.05, 4.69) is 26.1 Å². The Hall–Kier alpha value is -0.570. The van der Waals surface area contributed by atoms with Gasteiger partial charge in [-0.2, -0.15) is 0 Å². The molecule has 0 aromatic heterocycles. The molecule has 0 saturated carbocycles. The quantitative estimate of drug-likeness (QED) is 0.595. The summed E-state index contributed by atoms with van der Waals surface area (Å²) in [6.07, 6.45) is -0.155. The monoisotopic (exact) mass is 157 g/mol. The topological polar surface area (TPSA) is 41.6 Å². The van der Waals surface area contributed by atoms with Gasteiger partial charge in [-0.3, -0.25) is 4.79 Å². The maximum atomic E-state index is 11.0. The van der Waals surface area contributed by atoms with Gasteiger partial charge in [-0.05, 0) is 5.41 Å². The Morgan fingerprint density at radius 3 is 2.55 bits per heavy atom. The average Bonchev–Trinajstić information content (AvgIpc) is 2.61. The van der Waals surface area contributed by atoms with E-state index in [-0.39, 0.29) is 17.4 Å². The standard InChI is InChI=1S/C8H15NO2/c1-8(2,3)5-9-7(10)6-4-11-6/h6H,4-5H2,1-3H3,(H,9,10). The molecule has 1 amide bonds. The van der Waals surface area contributed by atoms with E-state index in [0.717, 1.165) is 0 Å². The molecular formula is C8H15NO2. The average molecular weight is 157 g/mol. The first-order valence-electron chi connectivity index (χ1n) is 3.88. The molecule has 0 bridgehead atoms. The van der Waals surface area contributed by atoms with Crippen LogP contribution in [0.3, 0.4) is 0 Å². The van der Waals surface area contributed by atoms with Gasteiger partial charge in [0.25, 0.3) is 5.91 Å². The van der Waals surface area contributed by atoms with Gasteiger partial charge in [0, 0.05) is 6.54 Å². The molecule has 3 nitrogen and oxygen atoms in total. The van der Waals surface area contributed by atoms with Gasteiger partial charge in [-0.1, -0.05) is 20.8 Å². The number of hydrogen-bond acceptors (Lipinski definition) is 2. The molecule has 1 aliphatic rings. The summed E-state index contributed by atoms with van der Waals surface area (Å²) in [4.78, 5) is 11.0. The van der Waals surface area contributed by atoms with Crippen LogP contribution in [-0.4, -0.2) is 25.2 Å². The molecule has 64 valence electrons. The van der Waals surface area contributed by atoms with Gasteiger partial charge in [0.15, 0.2) is 6.10 Å². The Labute approximate surface area is 67.1 Å². The number of nitrogens with one attached hydrogen (secondary N) is 1. The van der Waals surface area contributed by atoms with Gasteiger partial charge in [0.1, 0.15) is 0 Å². The predicted molar refractivity (Wildman–Crippen MR) is 42.2 cm³/mol. The number of epoxide rings is 1. The SMILES string of the molecule is CC(C)(C)CNC(=O)C1CO1. The lowest BCUT2D eigenvalue weighted by atomic mass is 9.97. The minimum atomic E-state index is -0.155. The summed E-state index contributed by atoms with van der Waals surface area (Å²) < 4.78 is 4.82. The molecule has 1 N–H and O–H groups in total. The van der Waals surface area contributed by atoms with Crippen molar-refractivity contribution in [3.63, 3.8) is 0 Å². The van der Waals surface area contributed by atoms with Crippen LogP contribution in [0.5, 0.6) is 0 Å². The van der Waals surface area contributed by atoms with Crippen molar-refractivity contribution in [3.8, 4) is 0 Å². The smallest absolute Gasteiger partial charge is 0.251 e. The molecule has 1 rings (SSSR count). The maximum absolute atomic E-state index is 11.0. The van der Waals surface area contributed by atoms with E-state index in [1.807, 2.05) is 0 Å². The highest BCUT2D eigenvalue weighted by atomic mass is 16.6. The van der Waals surface area contributed by atoms with Crippen LogP contribution in [-0.2, 0) is 9.53 Å². The van der Waals surface area contributed by atoms with Gasteiger partial charge in [-0.25, -0.2) is 0 Å². The first-order valence-corrected chi connectivity index (χ1v) is 3.88. The molecule has 3 heteroatoms. The van der Waals surface area contributed by atoms with Crippen LogP contribution in [0.2, 0.25) is 0 Å². The first kappa shape index (κ1) is 8.53. The summed E-state index contributed by atoms with van der Waals surface area (Å²) in [5.41, 5.74) is 0.157. The van der Waals surface area contributed by atoms with Crippen LogP contribution < -0.4 is 5.32 Å². The number of hydrogen-bond donors (Lipinski definition) is 1. The Kier molecular flexibility index (Phi) is 2.18. The minimum Gasteiger partial charge on any atom is -0.363 e. The second kappa shape index (κ2) is 2.81. The number of amides is 1. The molecule has 1 saturated heterocycles. The minimum absolute atomic E-state index is 0.0277. The van der Waals surface area contributed by atoms with Crippen LogP contribution in [0.25, 0.3) is 0 Å². The van der Waals surface area contributed by atoms with Crippen molar-refractivity contribution in [2.45, 2.75) is 26.9 Å². The van der Waals surface area contributed by atoms with E-state index in [9.17, 15) is 4.79 Å². The molecule has 0 radical (unpaired) electrons. The first-order chi connectivity index (χ1) is 4.99. The Morgan fingerprint density at radius 2 is 2.18 bits per heavy atom. The second-order valence-electron chi connectivity index (χ2n) is 4.10. The molecule has 0 aliphatic carbocycles. The van der Waals surface area contributed by atoms with Crippen LogP contribution in [0.15, 0.2) is 0 Å². The van der Waals surface area contributed by atoms with Gasteiger partial charge < -0.3 is 10.1 Å². The van der Waals surface area contributed by atoms with Gasteiger partial charge in [-0.15, -0.1) is 0 Å². The largest absolute Gasteiger partial charge is 0.363 e. The van der Waals surface area contributed by atoms with Gasteiger partial charge in [0.2, 0.25) is 0 Å². The molecule has 0 aromatic rings. The third kappa shape index (κ3) is 3.37.